The number of likely N-dealkylation sites (tertiary alicyclic amines) is 1. The molecular formula is C27H21BrClN3O4S2. The summed E-state index contributed by atoms with van der Waals surface area (Å²) in [5, 5.41) is 4.31. The van der Waals surface area contributed by atoms with Crippen LogP contribution in [0.1, 0.15) is 22.8 Å². The molecule has 38 heavy (non-hydrogen) atoms. The minimum Gasteiger partial charge on any atom is -0.325 e. The summed E-state index contributed by atoms with van der Waals surface area (Å²) in [4.78, 5) is 57.5. The van der Waals surface area contributed by atoms with Crippen LogP contribution in [0.2, 0.25) is 5.02 Å². The molecule has 3 amide bonds. The number of nitrogens with one attached hydrogen (secondary N) is 2. The van der Waals surface area contributed by atoms with Crippen molar-refractivity contribution in [2.24, 2.45) is 29.6 Å². The summed E-state index contributed by atoms with van der Waals surface area (Å²) in [6.45, 7) is -0.300. The lowest BCUT2D eigenvalue weighted by atomic mass is 9.68. The molecule has 2 bridgehead atoms. The Balaban J connectivity index is 1.19. The monoisotopic (exact) mass is 629 g/mol. The van der Waals surface area contributed by atoms with Crippen LogP contribution in [0, 0.1) is 29.6 Å². The number of aromatic nitrogens is 1. The van der Waals surface area contributed by atoms with Gasteiger partial charge in [-0.25, -0.2) is 0 Å². The maximum atomic E-state index is 13.7. The quantitative estimate of drug-likeness (QED) is 0.397. The van der Waals surface area contributed by atoms with Gasteiger partial charge < -0.3 is 10.3 Å². The van der Waals surface area contributed by atoms with Gasteiger partial charge in [-0.15, -0.1) is 11.8 Å². The van der Waals surface area contributed by atoms with Crippen molar-refractivity contribution in [2.75, 3.05) is 11.9 Å². The van der Waals surface area contributed by atoms with Gasteiger partial charge in [-0.3, -0.25) is 24.1 Å². The summed E-state index contributed by atoms with van der Waals surface area (Å²) < 4.78 is 0.975. The highest BCUT2D eigenvalue weighted by Crippen LogP contribution is 2.68. The van der Waals surface area contributed by atoms with Crippen LogP contribution < -0.4 is 10.2 Å². The molecule has 2 aliphatic heterocycles. The Kier molecular flexibility index (Phi) is 5.88. The Labute approximate surface area is 239 Å². The van der Waals surface area contributed by atoms with Crippen molar-refractivity contribution in [2.45, 2.75) is 22.6 Å². The maximum absolute atomic E-state index is 13.7. The smallest absolute Gasteiger partial charge is 0.305 e. The van der Waals surface area contributed by atoms with Crippen LogP contribution in [-0.4, -0.2) is 39.4 Å². The lowest BCUT2D eigenvalue weighted by Gasteiger charge is -2.43. The maximum Gasteiger partial charge on any atom is 0.305 e. The molecule has 1 aromatic heterocycles. The summed E-state index contributed by atoms with van der Waals surface area (Å²) >= 11 is 12.3. The van der Waals surface area contributed by atoms with Gasteiger partial charge in [-0.2, -0.15) is 0 Å². The summed E-state index contributed by atoms with van der Waals surface area (Å²) in [6.07, 6.45) is 0.812. The number of amides is 3. The van der Waals surface area contributed by atoms with Crippen molar-refractivity contribution in [3.63, 3.8) is 0 Å². The van der Waals surface area contributed by atoms with Gasteiger partial charge in [0.25, 0.3) is 0 Å². The topological polar surface area (TPSA) is 99.3 Å². The van der Waals surface area contributed by atoms with Crippen molar-refractivity contribution in [3.05, 3.63) is 78.1 Å². The second-order valence-corrected chi connectivity index (χ2v) is 13.9. The Morgan fingerprint density at radius 2 is 1.71 bits per heavy atom. The molecule has 3 aromatic rings. The predicted octanol–water partition coefficient (Wildman–Crippen LogP) is 4.96. The Bertz CT molecular complexity index is 1540. The first kappa shape index (κ1) is 24.6. The van der Waals surface area contributed by atoms with Crippen LogP contribution in [0.25, 0.3) is 0 Å². The third kappa shape index (κ3) is 3.75. The summed E-state index contributed by atoms with van der Waals surface area (Å²) in [7, 11) is 0. The average Bonchev–Trinajstić information content (AvgIpc) is 3.62. The van der Waals surface area contributed by atoms with E-state index in [4.69, 9.17) is 11.6 Å². The number of carbonyl (C=O) groups excluding carboxylic acids is 3. The number of hydrogen-bond donors (Lipinski definition) is 2. The molecule has 3 heterocycles. The largest absolute Gasteiger partial charge is 0.325 e. The molecular weight excluding hydrogens is 610 g/mol. The van der Waals surface area contributed by atoms with Crippen LogP contribution in [0.15, 0.2) is 62.8 Å². The Hall–Kier alpha value is -2.40. The number of benzene rings is 2. The van der Waals surface area contributed by atoms with Crippen LogP contribution in [0.5, 0.6) is 0 Å². The SMILES string of the molecule is O=C(CN1C(=O)C2C3CC(C2C1=O)C1C3Sc2[nH]c(=O)sc2[C@@H]1c1ccc(Br)cc1)Nc1ccc(Cl)cc1. The van der Waals surface area contributed by atoms with Crippen molar-refractivity contribution in [1.82, 2.24) is 9.88 Å². The van der Waals surface area contributed by atoms with Crippen LogP contribution in [0.4, 0.5) is 5.69 Å². The minimum absolute atomic E-state index is 0.0160. The lowest BCUT2D eigenvalue weighted by molar-refractivity contribution is -0.143. The number of aromatic amines is 1. The number of thioether (sulfide) groups is 1. The van der Waals surface area contributed by atoms with E-state index in [0.717, 1.165) is 31.3 Å². The summed E-state index contributed by atoms with van der Waals surface area (Å²) in [5.41, 5.74) is 1.67. The fourth-order valence-electron chi connectivity index (χ4n) is 7.16. The van der Waals surface area contributed by atoms with Gasteiger partial charge in [0.05, 0.1) is 16.9 Å². The molecule has 3 fully saturated rings. The molecule has 4 aliphatic rings. The number of halogens is 2. The molecule has 2 aromatic carbocycles. The highest BCUT2D eigenvalue weighted by Gasteiger charge is 2.69. The van der Waals surface area contributed by atoms with E-state index in [-0.39, 0.29) is 52.2 Å². The van der Waals surface area contributed by atoms with Crippen molar-refractivity contribution < 1.29 is 14.4 Å². The van der Waals surface area contributed by atoms with Crippen molar-refractivity contribution in [3.8, 4) is 0 Å². The number of carbonyl (C=O) groups is 3. The molecule has 7 atom stereocenters. The molecule has 2 aliphatic carbocycles. The van der Waals surface area contributed by atoms with Gasteiger partial charge in [-0.05, 0) is 66.1 Å². The second kappa shape index (κ2) is 9.08. The van der Waals surface area contributed by atoms with E-state index in [1.54, 1.807) is 36.0 Å². The first-order chi connectivity index (χ1) is 18.3. The highest BCUT2D eigenvalue weighted by atomic mass is 79.9. The number of nitrogens with zero attached hydrogens (tertiary/aromatic N) is 1. The number of hydrogen-bond acceptors (Lipinski definition) is 6. The first-order valence-electron chi connectivity index (χ1n) is 12.4. The van der Waals surface area contributed by atoms with E-state index in [1.807, 2.05) is 12.1 Å². The molecule has 0 radical (unpaired) electrons. The molecule has 0 spiro atoms. The number of rotatable bonds is 4. The highest BCUT2D eigenvalue weighted by molar-refractivity contribution is 9.10. The zero-order valence-corrected chi connectivity index (χ0v) is 23.7. The van der Waals surface area contributed by atoms with Gasteiger partial charge in [0.1, 0.15) is 6.54 Å². The third-order valence-electron chi connectivity index (χ3n) is 8.47. The van der Waals surface area contributed by atoms with Crippen molar-refractivity contribution in [1.29, 1.82) is 0 Å². The summed E-state index contributed by atoms with van der Waals surface area (Å²) in [6, 6.07) is 14.8. The predicted molar refractivity (Wildman–Crippen MR) is 149 cm³/mol. The van der Waals surface area contributed by atoms with E-state index < -0.39 is 17.7 Å². The number of fused-ring (bicyclic) bond motifs is 9. The molecule has 2 N–H and O–H groups in total. The zero-order chi connectivity index (χ0) is 26.3. The fourth-order valence-corrected chi connectivity index (χ4v) is 10.4. The molecule has 7 nitrogen and oxygen atoms in total. The van der Waals surface area contributed by atoms with Gasteiger partial charge in [-0.1, -0.05) is 51.0 Å². The van der Waals surface area contributed by atoms with E-state index in [9.17, 15) is 19.2 Å². The third-order valence-corrected chi connectivity index (χ3v) is 11.8. The molecule has 7 rings (SSSR count). The molecule has 1 saturated heterocycles. The number of H-pyrrole nitrogens is 1. The standard InChI is InChI=1S/C27H21BrClN3O4S2/c28-12-3-1-11(2-4-12)18-19-15-9-16(22(19)37-24-23(18)38-27(36)31-24)21-20(15)25(34)32(26(21)35)10-17(33)30-14-7-5-13(29)6-8-14/h1-8,15-16,18-22H,9-10H2,(H,30,33)(H,31,36)/t15?,16?,18-,19?,20?,21?,22?/m1/s1. The van der Waals surface area contributed by atoms with Crippen LogP contribution in [0.3, 0.4) is 0 Å². The van der Waals surface area contributed by atoms with Gasteiger partial charge in [0, 0.05) is 31.2 Å². The van der Waals surface area contributed by atoms with Gasteiger partial charge >= 0.3 is 4.87 Å². The second-order valence-electron chi connectivity index (χ2n) is 10.3. The molecule has 194 valence electrons. The number of anilines is 1. The lowest BCUT2D eigenvalue weighted by Crippen LogP contribution is -2.42. The van der Waals surface area contributed by atoms with E-state index >= 15 is 0 Å². The zero-order valence-electron chi connectivity index (χ0n) is 19.7. The van der Waals surface area contributed by atoms with Crippen LogP contribution in [-0.2, 0) is 14.4 Å². The van der Waals surface area contributed by atoms with Gasteiger partial charge in [0.15, 0.2) is 0 Å². The van der Waals surface area contributed by atoms with Gasteiger partial charge in [0.2, 0.25) is 17.7 Å². The summed E-state index contributed by atoms with van der Waals surface area (Å²) in [5.74, 6) is -1.60. The van der Waals surface area contributed by atoms with Crippen molar-refractivity contribution >= 4 is 74.0 Å². The molecule has 2 saturated carbocycles. The van der Waals surface area contributed by atoms with E-state index in [1.165, 1.54) is 11.3 Å². The number of imide groups is 1. The average molecular weight is 631 g/mol. The molecule has 11 heteroatoms. The van der Waals surface area contributed by atoms with Crippen LogP contribution >= 0.6 is 50.6 Å². The normalized spacial score (nSPS) is 30.8. The Morgan fingerprint density at radius 3 is 2.42 bits per heavy atom. The number of thiazole rings is 1. The minimum atomic E-state index is -0.423. The Morgan fingerprint density at radius 1 is 1.03 bits per heavy atom. The first-order valence-corrected chi connectivity index (χ1v) is 15.2. The van der Waals surface area contributed by atoms with E-state index in [2.05, 4.69) is 38.4 Å². The molecule has 6 unspecified atom stereocenters. The van der Waals surface area contributed by atoms with E-state index in [0.29, 0.717) is 10.7 Å². The fraction of sp³-hybridized carbons (Fsp3) is 0.333.